The van der Waals surface area contributed by atoms with E-state index < -0.39 is 0 Å². The second-order valence-electron chi connectivity index (χ2n) is 4.94. The average Bonchev–Trinajstić information content (AvgIpc) is 2.89. The first-order valence-electron chi connectivity index (χ1n) is 6.98. The Bertz CT molecular complexity index is 800. The van der Waals surface area contributed by atoms with Crippen molar-refractivity contribution in [3.8, 4) is 0 Å². The van der Waals surface area contributed by atoms with Gasteiger partial charge in [-0.05, 0) is 37.1 Å². The fourth-order valence-corrected chi connectivity index (χ4v) is 2.33. The van der Waals surface area contributed by atoms with Gasteiger partial charge < -0.3 is 14.7 Å². The third kappa shape index (κ3) is 2.67. The first kappa shape index (κ1) is 13.4. The lowest BCUT2D eigenvalue weighted by molar-refractivity contribution is 0.540. The minimum Gasteiger partial charge on any atom is -0.439 e. The Balaban J connectivity index is 1.82. The number of benzene rings is 1. The molecule has 1 aromatic carbocycles. The molecule has 0 amide bonds. The van der Waals surface area contributed by atoms with Gasteiger partial charge >= 0.3 is 0 Å². The molecule has 0 bridgehead atoms. The highest BCUT2D eigenvalue weighted by Crippen LogP contribution is 2.16. The number of pyridine rings is 1. The SMILES string of the molecule is CCc1cc(NCc2nc3ccccc3o2)c(=O)[nH]c1C. The molecule has 0 radical (unpaired) electrons. The lowest BCUT2D eigenvalue weighted by atomic mass is 10.1. The number of rotatable bonds is 4. The van der Waals surface area contributed by atoms with Gasteiger partial charge in [0.25, 0.3) is 5.56 Å². The summed E-state index contributed by atoms with van der Waals surface area (Å²) in [5, 5.41) is 3.09. The van der Waals surface area contributed by atoms with Crippen LogP contribution in [0.1, 0.15) is 24.1 Å². The van der Waals surface area contributed by atoms with Crippen molar-refractivity contribution in [1.29, 1.82) is 0 Å². The fourth-order valence-electron chi connectivity index (χ4n) is 2.33. The first-order chi connectivity index (χ1) is 10.2. The zero-order valence-electron chi connectivity index (χ0n) is 12.1. The molecule has 0 saturated heterocycles. The minimum atomic E-state index is -0.124. The molecule has 2 heterocycles. The molecule has 0 aliphatic rings. The summed E-state index contributed by atoms with van der Waals surface area (Å²) in [7, 11) is 0. The van der Waals surface area contributed by atoms with Crippen molar-refractivity contribution < 1.29 is 4.42 Å². The maximum absolute atomic E-state index is 11.9. The Morgan fingerprint density at radius 2 is 2.14 bits per heavy atom. The normalized spacial score (nSPS) is 11.0. The maximum atomic E-state index is 11.9. The molecular weight excluding hydrogens is 266 g/mol. The van der Waals surface area contributed by atoms with E-state index in [0.29, 0.717) is 18.1 Å². The lowest BCUT2D eigenvalue weighted by Gasteiger charge is -2.07. The van der Waals surface area contributed by atoms with Crippen molar-refractivity contribution in [3.63, 3.8) is 0 Å². The van der Waals surface area contributed by atoms with Crippen molar-refractivity contribution >= 4 is 16.8 Å². The molecule has 0 aliphatic carbocycles. The highest BCUT2D eigenvalue weighted by atomic mass is 16.3. The van der Waals surface area contributed by atoms with E-state index in [9.17, 15) is 4.79 Å². The van der Waals surface area contributed by atoms with Crippen LogP contribution in [0.2, 0.25) is 0 Å². The smallest absolute Gasteiger partial charge is 0.271 e. The zero-order valence-corrected chi connectivity index (χ0v) is 12.1. The number of anilines is 1. The van der Waals surface area contributed by atoms with Gasteiger partial charge in [0.05, 0.1) is 6.54 Å². The van der Waals surface area contributed by atoms with Gasteiger partial charge in [0.15, 0.2) is 5.58 Å². The average molecular weight is 283 g/mol. The third-order valence-electron chi connectivity index (χ3n) is 3.50. The van der Waals surface area contributed by atoms with Crippen LogP contribution in [0.3, 0.4) is 0 Å². The van der Waals surface area contributed by atoms with Crippen molar-refractivity contribution in [3.05, 3.63) is 57.8 Å². The van der Waals surface area contributed by atoms with Crippen LogP contribution in [-0.2, 0) is 13.0 Å². The van der Waals surface area contributed by atoms with Gasteiger partial charge in [0.1, 0.15) is 11.2 Å². The molecule has 2 aromatic heterocycles. The number of nitrogens with one attached hydrogen (secondary N) is 2. The number of fused-ring (bicyclic) bond motifs is 1. The van der Waals surface area contributed by atoms with Crippen LogP contribution in [0.15, 0.2) is 39.5 Å². The summed E-state index contributed by atoms with van der Waals surface area (Å²) in [6.07, 6.45) is 0.875. The number of hydrogen-bond donors (Lipinski definition) is 2. The van der Waals surface area contributed by atoms with Crippen LogP contribution >= 0.6 is 0 Å². The summed E-state index contributed by atoms with van der Waals surface area (Å²) in [4.78, 5) is 19.2. The van der Waals surface area contributed by atoms with Crippen LogP contribution in [0.4, 0.5) is 5.69 Å². The van der Waals surface area contributed by atoms with Gasteiger partial charge in [-0.2, -0.15) is 0 Å². The van der Waals surface area contributed by atoms with Gasteiger partial charge in [-0.3, -0.25) is 4.79 Å². The fraction of sp³-hybridized carbons (Fsp3) is 0.250. The number of aryl methyl sites for hydroxylation is 2. The van der Waals surface area contributed by atoms with E-state index in [4.69, 9.17) is 4.42 Å². The summed E-state index contributed by atoms with van der Waals surface area (Å²) < 4.78 is 5.62. The zero-order chi connectivity index (χ0) is 14.8. The highest BCUT2D eigenvalue weighted by Gasteiger charge is 2.08. The van der Waals surface area contributed by atoms with Gasteiger partial charge in [0.2, 0.25) is 5.89 Å². The quantitative estimate of drug-likeness (QED) is 0.772. The van der Waals surface area contributed by atoms with E-state index in [1.807, 2.05) is 37.3 Å². The van der Waals surface area contributed by atoms with Crippen LogP contribution in [0, 0.1) is 6.92 Å². The standard InChI is InChI=1S/C16H17N3O2/c1-3-11-8-13(16(20)18-10(11)2)17-9-15-19-12-6-4-5-7-14(12)21-15/h4-8,17H,3,9H2,1-2H3,(H,18,20). The molecule has 5 heteroatoms. The number of aromatic nitrogens is 2. The van der Waals surface area contributed by atoms with Crippen molar-refractivity contribution in [2.45, 2.75) is 26.8 Å². The largest absolute Gasteiger partial charge is 0.439 e. The van der Waals surface area contributed by atoms with Crippen molar-refractivity contribution in [2.75, 3.05) is 5.32 Å². The Labute approximate surface area is 122 Å². The number of nitrogens with zero attached hydrogens (tertiary/aromatic N) is 1. The Kier molecular flexibility index (Phi) is 3.48. The van der Waals surface area contributed by atoms with Crippen molar-refractivity contribution in [2.24, 2.45) is 0 Å². The van der Waals surface area contributed by atoms with Gasteiger partial charge in [-0.1, -0.05) is 19.1 Å². The van der Waals surface area contributed by atoms with Gasteiger partial charge in [0, 0.05) is 5.69 Å². The molecular formula is C16H17N3O2. The predicted molar refractivity (Wildman–Crippen MR) is 82.5 cm³/mol. The van der Waals surface area contributed by atoms with E-state index in [2.05, 4.69) is 22.2 Å². The second kappa shape index (κ2) is 5.44. The monoisotopic (exact) mass is 283 g/mol. The van der Waals surface area contributed by atoms with Crippen molar-refractivity contribution in [1.82, 2.24) is 9.97 Å². The van der Waals surface area contributed by atoms with Gasteiger partial charge in [-0.25, -0.2) is 4.98 Å². The molecule has 3 rings (SSSR count). The van der Waals surface area contributed by atoms with E-state index >= 15 is 0 Å². The minimum absolute atomic E-state index is 0.124. The predicted octanol–water partition coefficient (Wildman–Crippen LogP) is 3.00. The topological polar surface area (TPSA) is 70.9 Å². The molecule has 0 unspecified atom stereocenters. The second-order valence-corrected chi connectivity index (χ2v) is 4.94. The molecule has 5 nitrogen and oxygen atoms in total. The molecule has 0 aliphatic heterocycles. The molecule has 2 N–H and O–H groups in total. The third-order valence-corrected chi connectivity index (χ3v) is 3.50. The van der Waals surface area contributed by atoms with Gasteiger partial charge in [-0.15, -0.1) is 0 Å². The van der Waals surface area contributed by atoms with Crippen LogP contribution in [-0.4, -0.2) is 9.97 Å². The Hall–Kier alpha value is -2.56. The number of hydrogen-bond acceptors (Lipinski definition) is 4. The molecule has 108 valence electrons. The van der Waals surface area contributed by atoms with E-state index in [1.165, 1.54) is 0 Å². The summed E-state index contributed by atoms with van der Waals surface area (Å²) in [5.74, 6) is 0.564. The molecule has 0 spiro atoms. The Morgan fingerprint density at radius 1 is 1.33 bits per heavy atom. The number of aromatic amines is 1. The van der Waals surface area contributed by atoms with E-state index in [1.54, 1.807) is 0 Å². The number of H-pyrrole nitrogens is 1. The lowest BCUT2D eigenvalue weighted by Crippen LogP contribution is -2.16. The van der Waals surface area contributed by atoms with E-state index in [0.717, 1.165) is 28.8 Å². The van der Waals surface area contributed by atoms with E-state index in [-0.39, 0.29) is 5.56 Å². The number of oxazole rings is 1. The van der Waals surface area contributed by atoms with Crippen LogP contribution < -0.4 is 10.9 Å². The summed E-state index contributed by atoms with van der Waals surface area (Å²) >= 11 is 0. The Morgan fingerprint density at radius 3 is 2.90 bits per heavy atom. The molecule has 0 atom stereocenters. The maximum Gasteiger partial charge on any atom is 0.271 e. The summed E-state index contributed by atoms with van der Waals surface area (Å²) in [6.45, 7) is 4.35. The molecule has 21 heavy (non-hydrogen) atoms. The van der Waals surface area contributed by atoms with Crippen LogP contribution in [0.25, 0.3) is 11.1 Å². The van der Waals surface area contributed by atoms with Crippen LogP contribution in [0.5, 0.6) is 0 Å². The summed E-state index contributed by atoms with van der Waals surface area (Å²) in [6, 6.07) is 9.48. The first-order valence-corrected chi connectivity index (χ1v) is 6.98. The molecule has 0 saturated carbocycles. The summed E-state index contributed by atoms with van der Waals surface area (Å²) in [5.41, 5.74) is 4.02. The number of para-hydroxylation sites is 2. The molecule has 0 fully saturated rings. The highest BCUT2D eigenvalue weighted by molar-refractivity contribution is 5.72. The molecule has 3 aromatic rings.